The van der Waals surface area contributed by atoms with E-state index in [4.69, 9.17) is 5.11 Å². The molecule has 0 aliphatic heterocycles. The fourth-order valence-corrected chi connectivity index (χ4v) is 1.54. The second-order valence-electron chi connectivity index (χ2n) is 5.32. The van der Waals surface area contributed by atoms with Crippen LogP contribution in [0.4, 0.5) is 0 Å². The average Bonchev–Trinajstić information content (AvgIpc) is 2.69. The first-order valence-electron chi connectivity index (χ1n) is 6.29. The molecule has 6 heteroatoms. The van der Waals surface area contributed by atoms with Crippen LogP contribution in [-0.2, 0) is 4.79 Å². The first kappa shape index (κ1) is 15.2. The summed E-state index contributed by atoms with van der Waals surface area (Å²) in [7, 11) is 0. The van der Waals surface area contributed by atoms with Gasteiger partial charge in [-0.3, -0.25) is 9.48 Å². The molecule has 0 saturated heterocycles. The molecule has 1 aromatic heterocycles. The number of amides is 1. The average molecular weight is 267 g/mol. The number of aromatic nitrogens is 2. The smallest absolute Gasteiger partial charge is 0.339 e. The molecule has 1 unspecified atom stereocenters. The van der Waals surface area contributed by atoms with Crippen molar-refractivity contribution in [2.45, 2.75) is 52.6 Å². The van der Waals surface area contributed by atoms with Crippen LogP contribution in [-0.4, -0.2) is 32.3 Å². The highest BCUT2D eigenvalue weighted by Crippen LogP contribution is 2.14. The maximum Gasteiger partial charge on any atom is 0.339 e. The summed E-state index contributed by atoms with van der Waals surface area (Å²) >= 11 is 0. The molecule has 0 fully saturated rings. The highest BCUT2D eigenvalue weighted by molar-refractivity contribution is 5.88. The zero-order chi connectivity index (χ0) is 14.8. The number of carbonyl (C=O) groups excluding carboxylic acids is 1. The third-order valence-corrected chi connectivity index (χ3v) is 3.27. The van der Waals surface area contributed by atoms with Crippen LogP contribution >= 0.6 is 0 Å². The van der Waals surface area contributed by atoms with Gasteiger partial charge in [-0.25, -0.2) is 4.79 Å². The first-order valence-corrected chi connectivity index (χ1v) is 6.29. The summed E-state index contributed by atoms with van der Waals surface area (Å²) in [5.74, 6) is -1.21. The van der Waals surface area contributed by atoms with Crippen LogP contribution < -0.4 is 5.32 Å². The van der Waals surface area contributed by atoms with Gasteiger partial charge in [-0.05, 0) is 34.1 Å². The van der Waals surface area contributed by atoms with Crippen molar-refractivity contribution >= 4 is 11.9 Å². The quantitative estimate of drug-likeness (QED) is 0.851. The van der Waals surface area contributed by atoms with E-state index < -0.39 is 12.0 Å². The van der Waals surface area contributed by atoms with Crippen LogP contribution in [0.5, 0.6) is 0 Å². The van der Waals surface area contributed by atoms with E-state index in [1.807, 2.05) is 20.8 Å². The molecule has 19 heavy (non-hydrogen) atoms. The number of rotatable bonds is 5. The van der Waals surface area contributed by atoms with Crippen molar-refractivity contribution in [3.05, 3.63) is 17.5 Å². The number of hydrogen-bond donors (Lipinski definition) is 2. The Bertz CT molecular complexity index is 491. The lowest BCUT2D eigenvalue weighted by molar-refractivity contribution is -0.125. The van der Waals surface area contributed by atoms with E-state index in [0.717, 1.165) is 6.42 Å². The standard InChI is InChI=1S/C13H21N3O3/c1-6-13(4,5)14-11(17)9(3)16-7-10(12(18)19)8(2)15-16/h7,9H,6H2,1-5H3,(H,14,17)(H,18,19). The number of carboxylic acids is 1. The molecular weight excluding hydrogens is 246 g/mol. The number of aromatic carboxylic acids is 1. The third-order valence-electron chi connectivity index (χ3n) is 3.27. The van der Waals surface area contributed by atoms with Crippen molar-refractivity contribution < 1.29 is 14.7 Å². The monoisotopic (exact) mass is 267 g/mol. The van der Waals surface area contributed by atoms with Gasteiger partial charge in [0.15, 0.2) is 0 Å². The summed E-state index contributed by atoms with van der Waals surface area (Å²) in [5, 5.41) is 16.0. The molecule has 1 atom stereocenters. The van der Waals surface area contributed by atoms with Gasteiger partial charge >= 0.3 is 5.97 Å². The molecule has 0 aliphatic rings. The molecular formula is C13H21N3O3. The van der Waals surface area contributed by atoms with E-state index in [9.17, 15) is 9.59 Å². The molecule has 1 aromatic rings. The summed E-state index contributed by atoms with van der Waals surface area (Å²) in [6.45, 7) is 9.18. The number of carbonyl (C=O) groups is 2. The molecule has 106 valence electrons. The van der Waals surface area contributed by atoms with Crippen molar-refractivity contribution in [2.24, 2.45) is 0 Å². The lowest BCUT2D eigenvalue weighted by atomic mass is 10.0. The van der Waals surface area contributed by atoms with Crippen LogP contribution in [0, 0.1) is 6.92 Å². The second kappa shape index (κ2) is 5.42. The third kappa shape index (κ3) is 3.56. The van der Waals surface area contributed by atoms with Crippen molar-refractivity contribution in [3.8, 4) is 0 Å². The number of carboxylic acid groups (broad SMARTS) is 1. The topological polar surface area (TPSA) is 84.2 Å². The van der Waals surface area contributed by atoms with Crippen LogP contribution in [0.3, 0.4) is 0 Å². The van der Waals surface area contributed by atoms with Gasteiger partial charge in [-0.2, -0.15) is 5.10 Å². The maximum absolute atomic E-state index is 12.1. The van der Waals surface area contributed by atoms with E-state index in [2.05, 4.69) is 10.4 Å². The Labute approximate surface area is 112 Å². The van der Waals surface area contributed by atoms with E-state index in [1.165, 1.54) is 10.9 Å². The predicted molar refractivity (Wildman–Crippen MR) is 71.1 cm³/mol. The Kier molecular flexibility index (Phi) is 4.34. The molecule has 6 nitrogen and oxygen atoms in total. The van der Waals surface area contributed by atoms with Crippen LogP contribution in [0.25, 0.3) is 0 Å². The van der Waals surface area contributed by atoms with Gasteiger partial charge in [0, 0.05) is 11.7 Å². The van der Waals surface area contributed by atoms with Gasteiger partial charge in [-0.1, -0.05) is 6.92 Å². The minimum Gasteiger partial charge on any atom is -0.478 e. The normalized spacial score (nSPS) is 13.1. The minimum atomic E-state index is -1.04. The summed E-state index contributed by atoms with van der Waals surface area (Å²) < 4.78 is 1.39. The molecule has 0 bridgehead atoms. The summed E-state index contributed by atoms with van der Waals surface area (Å²) in [5.41, 5.74) is 0.236. The first-order chi connectivity index (χ1) is 8.68. The lowest BCUT2D eigenvalue weighted by Crippen LogP contribution is -2.45. The van der Waals surface area contributed by atoms with E-state index in [1.54, 1.807) is 13.8 Å². The molecule has 1 rings (SSSR count). The van der Waals surface area contributed by atoms with Gasteiger partial charge in [0.25, 0.3) is 0 Å². The fourth-order valence-electron chi connectivity index (χ4n) is 1.54. The second-order valence-corrected chi connectivity index (χ2v) is 5.32. The SMILES string of the molecule is CCC(C)(C)NC(=O)C(C)n1cc(C(=O)O)c(C)n1. The van der Waals surface area contributed by atoms with Crippen molar-refractivity contribution in [1.29, 1.82) is 0 Å². The molecule has 0 aromatic carbocycles. The van der Waals surface area contributed by atoms with Crippen LogP contribution in [0.2, 0.25) is 0 Å². The van der Waals surface area contributed by atoms with Crippen LogP contribution in [0.1, 0.15) is 56.2 Å². The number of nitrogens with one attached hydrogen (secondary N) is 1. The van der Waals surface area contributed by atoms with E-state index >= 15 is 0 Å². The maximum atomic E-state index is 12.1. The molecule has 0 saturated carbocycles. The minimum absolute atomic E-state index is 0.120. The summed E-state index contributed by atoms with van der Waals surface area (Å²) in [6, 6.07) is -0.544. The highest BCUT2D eigenvalue weighted by Gasteiger charge is 2.24. The Balaban J connectivity index is 2.89. The number of aryl methyl sites for hydroxylation is 1. The highest BCUT2D eigenvalue weighted by atomic mass is 16.4. The zero-order valence-electron chi connectivity index (χ0n) is 12.0. The van der Waals surface area contributed by atoms with Gasteiger partial charge in [0.05, 0.1) is 5.69 Å². The van der Waals surface area contributed by atoms with Gasteiger partial charge < -0.3 is 10.4 Å². The number of nitrogens with zero attached hydrogens (tertiary/aromatic N) is 2. The van der Waals surface area contributed by atoms with Crippen molar-refractivity contribution in [3.63, 3.8) is 0 Å². The predicted octanol–water partition coefficient (Wildman–Crippen LogP) is 1.76. The van der Waals surface area contributed by atoms with E-state index in [-0.39, 0.29) is 17.0 Å². The molecule has 2 N–H and O–H groups in total. The molecule has 0 aliphatic carbocycles. The summed E-state index contributed by atoms with van der Waals surface area (Å²) in [4.78, 5) is 23.0. The van der Waals surface area contributed by atoms with Crippen molar-refractivity contribution in [2.75, 3.05) is 0 Å². The lowest BCUT2D eigenvalue weighted by Gasteiger charge is -2.26. The Hall–Kier alpha value is -1.85. The molecule has 1 heterocycles. The van der Waals surface area contributed by atoms with E-state index in [0.29, 0.717) is 5.69 Å². The van der Waals surface area contributed by atoms with Gasteiger partial charge in [0.1, 0.15) is 11.6 Å². The van der Waals surface area contributed by atoms with Crippen molar-refractivity contribution in [1.82, 2.24) is 15.1 Å². The zero-order valence-corrected chi connectivity index (χ0v) is 12.0. The molecule has 0 radical (unpaired) electrons. The van der Waals surface area contributed by atoms with Crippen LogP contribution in [0.15, 0.2) is 6.20 Å². The summed E-state index contributed by atoms with van der Waals surface area (Å²) in [6.07, 6.45) is 2.20. The fraction of sp³-hybridized carbons (Fsp3) is 0.615. The Morgan fingerprint density at radius 3 is 2.53 bits per heavy atom. The van der Waals surface area contributed by atoms with Gasteiger partial charge in [-0.15, -0.1) is 0 Å². The van der Waals surface area contributed by atoms with Gasteiger partial charge in [0.2, 0.25) is 5.91 Å². The largest absolute Gasteiger partial charge is 0.478 e. The number of hydrogen-bond acceptors (Lipinski definition) is 3. The molecule has 1 amide bonds. The Morgan fingerprint density at radius 2 is 2.11 bits per heavy atom. The Morgan fingerprint density at radius 1 is 1.53 bits per heavy atom. The molecule has 0 spiro atoms.